The number of carbonyl (C=O) groups excluding carboxylic acids is 1. The maximum Gasteiger partial charge on any atom is 0.309 e. The molecule has 1 aliphatic heterocycles. The molecule has 1 N–H and O–H groups in total. The second kappa shape index (κ2) is 2.47. The highest BCUT2D eigenvalue weighted by Crippen LogP contribution is 2.37. The van der Waals surface area contributed by atoms with Gasteiger partial charge in [0.25, 0.3) is 0 Å². The number of carboxylic acid groups (broad SMARTS) is 1. The molecular formula is C8H10O4. The Balaban J connectivity index is 2.10. The Morgan fingerprint density at radius 1 is 1.42 bits per heavy atom. The summed E-state index contributed by atoms with van der Waals surface area (Å²) in [5.41, 5.74) is 0. The lowest BCUT2D eigenvalue weighted by Crippen LogP contribution is -2.26. The van der Waals surface area contributed by atoms with E-state index in [2.05, 4.69) is 0 Å². The van der Waals surface area contributed by atoms with Crippen LogP contribution in [0.5, 0.6) is 0 Å². The van der Waals surface area contributed by atoms with Crippen molar-refractivity contribution >= 4 is 11.9 Å². The van der Waals surface area contributed by atoms with Crippen LogP contribution in [0.4, 0.5) is 0 Å². The first-order chi connectivity index (χ1) is 5.66. The molecule has 0 radical (unpaired) electrons. The van der Waals surface area contributed by atoms with E-state index in [4.69, 9.17) is 9.84 Å². The second-order valence-electron chi connectivity index (χ2n) is 3.50. The number of hydrogen-bond acceptors (Lipinski definition) is 3. The molecule has 12 heavy (non-hydrogen) atoms. The Labute approximate surface area is 69.5 Å². The third-order valence-corrected chi connectivity index (χ3v) is 2.63. The molecular weight excluding hydrogens is 160 g/mol. The van der Waals surface area contributed by atoms with Gasteiger partial charge in [-0.25, -0.2) is 0 Å². The Kier molecular flexibility index (Phi) is 1.56. The van der Waals surface area contributed by atoms with E-state index in [1.54, 1.807) is 0 Å². The van der Waals surface area contributed by atoms with Gasteiger partial charge in [-0.2, -0.15) is 0 Å². The number of carbonyl (C=O) groups is 2. The number of esters is 1. The SMILES string of the molecule is O=C(O)[C@@H]1C[C@H]2C[C@H](C1)C(=O)O2. The maximum absolute atomic E-state index is 11.0. The van der Waals surface area contributed by atoms with Gasteiger partial charge in [-0.1, -0.05) is 0 Å². The number of fused-ring (bicyclic) bond motifs is 2. The molecule has 1 aliphatic carbocycles. The van der Waals surface area contributed by atoms with Crippen molar-refractivity contribution in [2.75, 3.05) is 0 Å². The third kappa shape index (κ3) is 1.07. The van der Waals surface area contributed by atoms with Gasteiger partial charge < -0.3 is 9.84 Å². The third-order valence-electron chi connectivity index (χ3n) is 2.63. The fourth-order valence-corrected chi connectivity index (χ4v) is 2.02. The molecule has 3 atom stereocenters. The summed E-state index contributed by atoms with van der Waals surface area (Å²) in [6.45, 7) is 0. The smallest absolute Gasteiger partial charge is 0.309 e. The predicted octanol–water partition coefficient (Wildman–Crippen LogP) is 0.413. The van der Waals surface area contributed by atoms with E-state index in [1.807, 2.05) is 0 Å². The van der Waals surface area contributed by atoms with Gasteiger partial charge in [0.15, 0.2) is 0 Å². The molecule has 2 fully saturated rings. The van der Waals surface area contributed by atoms with E-state index in [9.17, 15) is 9.59 Å². The van der Waals surface area contributed by atoms with Crippen molar-refractivity contribution in [2.45, 2.75) is 25.4 Å². The predicted molar refractivity (Wildman–Crippen MR) is 38.3 cm³/mol. The van der Waals surface area contributed by atoms with Crippen LogP contribution in [0.2, 0.25) is 0 Å². The molecule has 0 aromatic carbocycles. The highest BCUT2D eigenvalue weighted by Gasteiger charge is 2.43. The van der Waals surface area contributed by atoms with E-state index in [0.717, 1.165) is 6.42 Å². The summed E-state index contributed by atoms with van der Waals surface area (Å²) in [7, 11) is 0. The fraction of sp³-hybridized carbons (Fsp3) is 0.750. The minimum absolute atomic E-state index is 0.127. The minimum Gasteiger partial charge on any atom is -0.481 e. The normalized spacial score (nSPS) is 39.3. The summed E-state index contributed by atoms with van der Waals surface area (Å²) >= 11 is 0. The van der Waals surface area contributed by atoms with Gasteiger partial charge in [-0.05, 0) is 19.3 Å². The van der Waals surface area contributed by atoms with E-state index in [-0.39, 0.29) is 23.9 Å². The zero-order valence-electron chi connectivity index (χ0n) is 6.53. The molecule has 2 rings (SSSR count). The van der Waals surface area contributed by atoms with Crippen LogP contribution in [0.3, 0.4) is 0 Å². The average molecular weight is 170 g/mol. The van der Waals surface area contributed by atoms with Gasteiger partial charge in [0.05, 0.1) is 11.8 Å². The molecule has 66 valence electrons. The first-order valence-electron chi connectivity index (χ1n) is 4.10. The van der Waals surface area contributed by atoms with Crippen molar-refractivity contribution in [3.63, 3.8) is 0 Å². The summed E-state index contributed by atoms with van der Waals surface area (Å²) in [5, 5.41) is 8.72. The summed E-state index contributed by atoms with van der Waals surface area (Å²) in [4.78, 5) is 21.6. The zero-order chi connectivity index (χ0) is 8.72. The molecule has 0 unspecified atom stereocenters. The summed E-state index contributed by atoms with van der Waals surface area (Å²) in [6, 6.07) is 0. The highest BCUT2D eigenvalue weighted by molar-refractivity contribution is 5.78. The summed E-state index contributed by atoms with van der Waals surface area (Å²) < 4.78 is 4.96. The minimum atomic E-state index is -0.803. The van der Waals surface area contributed by atoms with E-state index in [1.165, 1.54) is 0 Å². The van der Waals surface area contributed by atoms with Gasteiger partial charge in [-0.15, -0.1) is 0 Å². The molecule has 4 heteroatoms. The first-order valence-corrected chi connectivity index (χ1v) is 4.10. The van der Waals surface area contributed by atoms with Gasteiger partial charge >= 0.3 is 11.9 Å². The van der Waals surface area contributed by atoms with Crippen molar-refractivity contribution in [1.82, 2.24) is 0 Å². The second-order valence-corrected chi connectivity index (χ2v) is 3.50. The molecule has 4 nitrogen and oxygen atoms in total. The van der Waals surface area contributed by atoms with Gasteiger partial charge in [0, 0.05) is 0 Å². The van der Waals surface area contributed by atoms with Crippen molar-refractivity contribution < 1.29 is 19.4 Å². The topological polar surface area (TPSA) is 63.6 Å². The summed E-state index contributed by atoms with van der Waals surface area (Å²) in [5.74, 6) is -1.53. The van der Waals surface area contributed by atoms with Gasteiger partial charge in [-0.3, -0.25) is 9.59 Å². The summed E-state index contributed by atoms with van der Waals surface area (Å²) in [6.07, 6.45) is 1.56. The Morgan fingerprint density at radius 2 is 2.17 bits per heavy atom. The van der Waals surface area contributed by atoms with Crippen LogP contribution in [-0.2, 0) is 14.3 Å². The van der Waals surface area contributed by atoms with Crippen molar-refractivity contribution in [3.05, 3.63) is 0 Å². The van der Waals surface area contributed by atoms with Gasteiger partial charge in [0.2, 0.25) is 0 Å². The van der Waals surface area contributed by atoms with E-state index in [0.29, 0.717) is 12.8 Å². The van der Waals surface area contributed by atoms with Crippen LogP contribution in [0.1, 0.15) is 19.3 Å². The van der Waals surface area contributed by atoms with Crippen LogP contribution >= 0.6 is 0 Å². The zero-order valence-corrected chi connectivity index (χ0v) is 6.53. The molecule has 0 aromatic rings. The van der Waals surface area contributed by atoms with Crippen molar-refractivity contribution in [3.8, 4) is 0 Å². The standard InChI is InChI=1S/C8H10O4/c9-7(10)4-1-5-3-6(2-4)12-8(5)11/h4-6H,1-3H2,(H,9,10)/t4-,5-,6-/m0/s1. The monoisotopic (exact) mass is 170 g/mol. The van der Waals surface area contributed by atoms with E-state index >= 15 is 0 Å². The number of ether oxygens (including phenoxy) is 1. The number of carboxylic acids is 1. The first kappa shape index (κ1) is 7.58. The molecule has 0 amide bonds. The molecule has 2 aliphatic rings. The molecule has 1 heterocycles. The molecule has 0 spiro atoms. The number of hydrogen-bond donors (Lipinski definition) is 1. The average Bonchev–Trinajstić information content (AvgIpc) is 2.26. The Morgan fingerprint density at radius 3 is 2.75 bits per heavy atom. The molecule has 0 aromatic heterocycles. The van der Waals surface area contributed by atoms with Crippen LogP contribution in [-0.4, -0.2) is 23.1 Å². The number of rotatable bonds is 1. The van der Waals surface area contributed by atoms with E-state index < -0.39 is 5.97 Å². The van der Waals surface area contributed by atoms with Gasteiger partial charge in [0.1, 0.15) is 6.10 Å². The molecule has 2 bridgehead atoms. The fourth-order valence-electron chi connectivity index (χ4n) is 2.02. The van der Waals surface area contributed by atoms with Crippen LogP contribution < -0.4 is 0 Å². The van der Waals surface area contributed by atoms with Crippen molar-refractivity contribution in [2.24, 2.45) is 11.8 Å². The molecule has 1 saturated heterocycles. The van der Waals surface area contributed by atoms with Crippen LogP contribution in [0.25, 0.3) is 0 Å². The lowest BCUT2D eigenvalue weighted by atomic mass is 9.82. The number of aliphatic carboxylic acids is 1. The Bertz CT molecular complexity index is 235. The highest BCUT2D eigenvalue weighted by atomic mass is 16.6. The Hall–Kier alpha value is -1.06. The lowest BCUT2D eigenvalue weighted by molar-refractivity contribution is -0.144. The quantitative estimate of drug-likeness (QED) is 0.579. The molecule has 1 saturated carbocycles. The van der Waals surface area contributed by atoms with Crippen LogP contribution in [0, 0.1) is 11.8 Å². The largest absolute Gasteiger partial charge is 0.481 e. The van der Waals surface area contributed by atoms with Crippen molar-refractivity contribution in [1.29, 1.82) is 0 Å². The maximum atomic E-state index is 11.0. The van der Waals surface area contributed by atoms with Crippen LogP contribution in [0.15, 0.2) is 0 Å². The lowest BCUT2D eigenvalue weighted by Gasteiger charge is -2.20.